The molecule has 2 aromatic rings. The van der Waals surface area contributed by atoms with Crippen LogP contribution < -0.4 is 10.5 Å². The van der Waals surface area contributed by atoms with Gasteiger partial charge in [-0.25, -0.2) is 0 Å². The average Bonchev–Trinajstić information content (AvgIpc) is 2.73. The second-order valence-corrected chi connectivity index (χ2v) is 7.94. The van der Waals surface area contributed by atoms with Gasteiger partial charge in [-0.1, -0.05) is 40.2 Å². The van der Waals surface area contributed by atoms with Crippen molar-refractivity contribution in [3.8, 4) is 11.8 Å². The first-order chi connectivity index (χ1) is 14.1. The fourth-order valence-corrected chi connectivity index (χ4v) is 3.96. The van der Waals surface area contributed by atoms with Crippen LogP contribution in [0.4, 0.5) is 0 Å². The molecule has 0 saturated carbocycles. The molecule has 0 aromatic heterocycles. The summed E-state index contributed by atoms with van der Waals surface area (Å²) in [5, 5.41) is 9.62. The number of rotatable bonds is 4. The maximum Gasteiger partial charge on any atom is 0.205 e. The van der Waals surface area contributed by atoms with Gasteiger partial charge in [0.05, 0.1) is 5.92 Å². The first-order valence-electron chi connectivity index (χ1n) is 9.38. The molecule has 29 heavy (non-hydrogen) atoms. The van der Waals surface area contributed by atoms with Crippen LogP contribution in [0, 0.1) is 11.3 Å². The molecule has 1 heterocycles. The minimum absolute atomic E-state index is 0.0204. The molecule has 0 saturated heterocycles. The van der Waals surface area contributed by atoms with Crippen LogP contribution in [0.3, 0.4) is 0 Å². The number of halogens is 1. The van der Waals surface area contributed by atoms with Crippen molar-refractivity contribution in [2.24, 2.45) is 5.73 Å². The predicted molar refractivity (Wildman–Crippen MR) is 111 cm³/mol. The Morgan fingerprint density at radius 2 is 1.86 bits per heavy atom. The lowest BCUT2D eigenvalue weighted by molar-refractivity contribution is -0.116. The van der Waals surface area contributed by atoms with Gasteiger partial charge in [0.1, 0.15) is 29.8 Å². The maximum atomic E-state index is 12.6. The lowest BCUT2D eigenvalue weighted by Gasteiger charge is -2.31. The molecule has 2 aliphatic rings. The van der Waals surface area contributed by atoms with E-state index in [4.69, 9.17) is 15.2 Å². The molecule has 1 unspecified atom stereocenters. The number of allylic oxidation sites excluding steroid dienone is 3. The van der Waals surface area contributed by atoms with Crippen LogP contribution in [-0.2, 0) is 16.1 Å². The van der Waals surface area contributed by atoms with Gasteiger partial charge in [0, 0.05) is 22.9 Å². The smallest absolute Gasteiger partial charge is 0.205 e. The molecule has 0 spiro atoms. The van der Waals surface area contributed by atoms with Crippen LogP contribution >= 0.6 is 15.9 Å². The summed E-state index contributed by atoms with van der Waals surface area (Å²) in [6.07, 6.45) is 1.86. The van der Waals surface area contributed by atoms with E-state index in [0.29, 0.717) is 36.5 Å². The average molecular weight is 451 g/mol. The van der Waals surface area contributed by atoms with Crippen molar-refractivity contribution in [3.63, 3.8) is 0 Å². The summed E-state index contributed by atoms with van der Waals surface area (Å²) in [5.41, 5.74) is 8.71. The van der Waals surface area contributed by atoms with Crippen LogP contribution in [-0.4, -0.2) is 5.78 Å². The number of carbonyl (C=O) groups is 1. The summed E-state index contributed by atoms with van der Waals surface area (Å²) in [7, 11) is 0. The third kappa shape index (κ3) is 3.92. The quantitative estimate of drug-likeness (QED) is 0.719. The number of nitrogens with two attached hydrogens (primary N) is 1. The maximum absolute atomic E-state index is 12.6. The summed E-state index contributed by atoms with van der Waals surface area (Å²) >= 11 is 3.42. The Morgan fingerprint density at radius 1 is 1.14 bits per heavy atom. The summed E-state index contributed by atoms with van der Waals surface area (Å²) < 4.78 is 12.5. The zero-order valence-electron chi connectivity index (χ0n) is 15.7. The number of nitriles is 1. The molecule has 0 bridgehead atoms. The van der Waals surface area contributed by atoms with Gasteiger partial charge in [0.25, 0.3) is 0 Å². The summed E-state index contributed by atoms with van der Waals surface area (Å²) in [6.45, 7) is 0.452. The van der Waals surface area contributed by atoms with E-state index in [9.17, 15) is 10.1 Å². The minimum atomic E-state index is -0.489. The van der Waals surface area contributed by atoms with Gasteiger partial charge in [-0.15, -0.1) is 0 Å². The molecule has 146 valence electrons. The zero-order chi connectivity index (χ0) is 20.4. The molecule has 0 radical (unpaired) electrons. The zero-order valence-corrected chi connectivity index (χ0v) is 17.2. The molecular formula is C23H19BrN2O3. The van der Waals surface area contributed by atoms with E-state index >= 15 is 0 Å². The number of nitrogens with zero attached hydrogens (tertiary/aromatic N) is 1. The summed E-state index contributed by atoms with van der Waals surface area (Å²) in [6, 6.07) is 17.5. The topological polar surface area (TPSA) is 85.3 Å². The lowest BCUT2D eigenvalue weighted by atomic mass is 9.77. The second-order valence-electron chi connectivity index (χ2n) is 7.02. The Hall–Kier alpha value is -3.04. The number of Topliss-reactive ketones (excluding diaryl/α,β-unsaturated/α-hetero) is 1. The van der Waals surface area contributed by atoms with Crippen LogP contribution in [0.5, 0.6) is 5.75 Å². The largest absolute Gasteiger partial charge is 0.489 e. The highest BCUT2D eigenvalue weighted by Crippen LogP contribution is 2.43. The minimum Gasteiger partial charge on any atom is -0.489 e. The number of ketones is 1. The van der Waals surface area contributed by atoms with Crippen molar-refractivity contribution in [3.05, 3.63) is 86.9 Å². The van der Waals surface area contributed by atoms with Gasteiger partial charge in [-0.3, -0.25) is 4.79 Å². The summed E-state index contributed by atoms with van der Waals surface area (Å²) in [5.74, 6) is 0.923. The van der Waals surface area contributed by atoms with Gasteiger partial charge < -0.3 is 15.2 Å². The van der Waals surface area contributed by atoms with Crippen LogP contribution in [0.2, 0.25) is 0 Å². The number of hydrogen-bond acceptors (Lipinski definition) is 5. The fourth-order valence-electron chi connectivity index (χ4n) is 3.69. The van der Waals surface area contributed by atoms with Gasteiger partial charge >= 0.3 is 0 Å². The number of ether oxygens (including phenoxy) is 2. The first-order valence-corrected chi connectivity index (χ1v) is 10.2. The van der Waals surface area contributed by atoms with Crippen molar-refractivity contribution in [2.75, 3.05) is 0 Å². The molecular weight excluding hydrogens is 432 g/mol. The highest BCUT2D eigenvalue weighted by Gasteiger charge is 2.37. The third-order valence-electron chi connectivity index (χ3n) is 5.14. The third-order valence-corrected chi connectivity index (χ3v) is 5.67. The normalized spacial score (nSPS) is 18.8. The highest BCUT2D eigenvalue weighted by molar-refractivity contribution is 9.10. The fraction of sp³-hybridized carbons (Fsp3) is 0.217. The van der Waals surface area contributed by atoms with Gasteiger partial charge in [0.2, 0.25) is 5.88 Å². The molecule has 2 aromatic carbocycles. The van der Waals surface area contributed by atoms with Gasteiger partial charge in [0.15, 0.2) is 5.78 Å². The van der Waals surface area contributed by atoms with E-state index in [-0.39, 0.29) is 17.2 Å². The molecule has 0 amide bonds. The first kappa shape index (κ1) is 19.3. The molecule has 1 aliphatic heterocycles. The highest BCUT2D eigenvalue weighted by atomic mass is 79.9. The van der Waals surface area contributed by atoms with E-state index in [1.54, 1.807) is 0 Å². The number of benzene rings is 2. The molecule has 5 nitrogen and oxygen atoms in total. The van der Waals surface area contributed by atoms with E-state index in [2.05, 4.69) is 22.0 Å². The van der Waals surface area contributed by atoms with Crippen molar-refractivity contribution in [2.45, 2.75) is 31.8 Å². The SMILES string of the molecule is N#CC1=C(N)OC2=C(C(=O)CCC2)C1c1ccc(OCc2ccc(Br)cc2)cc1. The number of carbonyl (C=O) groups excluding carboxylic acids is 1. The Balaban J connectivity index is 1.58. The predicted octanol–water partition coefficient (Wildman–Crippen LogP) is 4.84. The summed E-state index contributed by atoms with van der Waals surface area (Å²) in [4.78, 5) is 12.6. The Labute approximate surface area is 177 Å². The van der Waals surface area contributed by atoms with Crippen molar-refractivity contribution in [1.82, 2.24) is 0 Å². The van der Waals surface area contributed by atoms with Crippen molar-refractivity contribution >= 4 is 21.7 Å². The Morgan fingerprint density at radius 3 is 2.55 bits per heavy atom. The van der Waals surface area contributed by atoms with Crippen molar-refractivity contribution in [1.29, 1.82) is 5.26 Å². The van der Waals surface area contributed by atoms with Crippen LogP contribution in [0.25, 0.3) is 0 Å². The lowest BCUT2D eigenvalue weighted by Crippen LogP contribution is -2.27. The molecule has 2 N–H and O–H groups in total. The molecule has 0 fully saturated rings. The van der Waals surface area contributed by atoms with Crippen molar-refractivity contribution < 1.29 is 14.3 Å². The Kier molecular flexibility index (Phi) is 5.41. The molecule has 1 aliphatic carbocycles. The molecule has 4 rings (SSSR count). The number of hydrogen-bond donors (Lipinski definition) is 1. The second kappa shape index (κ2) is 8.14. The van der Waals surface area contributed by atoms with E-state index in [0.717, 1.165) is 22.0 Å². The van der Waals surface area contributed by atoms with E-state index in [1.807, 2.05) is 48.5 Å². The van der Waals surface area contributed by atoms with Gasteiger partial charge in [-0.05, 0) is 41.8 Å². The van der Waals surface area contributed by atoms with Crippen LogP contribution in [0.15, 0.2) is 75.8 Å². The van der Waals surface area contributed by atoms with Crippen LogP contribution in [0.1, 0.15) is 36.3 Å². The molecule has 1 atom stereocenters. The Bertz CT molecular complexity index is 1050. The van der Waals surface area contributed by atoms with E-state index < -0.39 is 5.92 Å². The monoisotopic (exact) mass is 450 g/mol. The van der Waals surface area contributed by atoms with E-state index in [1.165, 1.54) is 0 Å². The standard InChI is InChI=1S/C23H19BrN2O3/c24-16-8-4-14(5-9-16)13-28-17-10-6-15(7-11-17)21-18(12-25)23(26)29-20-3-1-2-19(27)22(20)21/h4-11,21H,1-3,13,26H2. The van der Waals surface area contributed by atoms with Gasteiger partial charge in [-0.2, -0.15) is 5.26 Å². The molecule has 6 heteroatoms.